The lowest BCUT2D eigenvalue weighted by atomic mass is 10.1. The van der Waals surface area contributed by atoms with E-state index in [0.717, 1.165) is 55.6 Å². The van der Waals surface area contributed by atoms with E-state index >= 15 is 0 Å². The molecule has 7 aromatic rings. The molecule has 0 unspecified atom stereocenters. The van der Waals surface area contributed by atoms with Crippen LogP contribution < -0.4 is 0 Å². The van der Waals surface area contributed by atoms with Gasteiger partial charge in [-0.15, -0.1) is 0 Å². The minimum Gasteiger partial charge on any atom is -0.436 e. The largest absolute Gasteiger partial charge is 0.436 e. The molecule has 0 saturated heterocycles. The summed E-state index contributed by atoms with van der Waals surface area (Å²) in [5.74, 6) is 14.2. The van der Waals surface area contributed by atoms with Crippen LogP contribution in [0.4, 0.5) is 0 Å². The van der Waals surface area contributed by atoms with Crippen LogP contribution >= 0.6 is 0 Å². The van der Waals surface area contributed by atoms with E-state index in [1.54, 1.807) is 0 Å². The van der Waals surface area contributed by atoms with Gasteiger partial charge in [0, 0.05) is 22.3 Å². The minimum atomic E-state index is 0.565. The molecule has 0 fully saturated rings. The van der Waals surface area contributed by atoms with Gasteiger partial charge in [0.1, 0.15) is 11.0 Å². The maximum absolute atomic E-state index is 5.97. The van der Waals surface area contributed by atoms with Gasteiger partial charge < -0.3 is 8.83 Å². The van der Waals surface area contributed by atoms with Gasteiger partial charge in [-0.25, -0.2) is 9.97 Å². The lowest BCUT2D eigenvalue weighted by Gasteiger charge is -1.99. The van der Waals surface area contributed by atoms with Crippen molar-refractivity contribution in [2.75, 3.05) is 0 Å². The molecule has 0 N–H and O–H groups in total. The molecule has 4 nitrogen and oxygen atoms in total. The fourth-order valence-corrected chi connectivity index (χ4v) is 4.45. The van der Waals surface area contributed by atoms with E-state index in [0.29, 0.717) is 11.8 Å². The van der Waals surface area contributed by atoms with Gasteiger partial charge in [0.2, 0.25) is 11.8 Å². The summed E-state index contributed by atoms with van der Waals surface area (Å²) in [6.45, 7) is 0. The average molecular weight is 513 g/mol. The van der Waals surface area contributed by atoms with E-state index in [2.05, 4.69) is 33.6 Å². The zero-order valence-corrected chi connectivity index (χ0v) is 21.3. The van der Waals surface area contributed by atoms with Crippen LogP contribution in [0.5, 0.6) is 0 Å². The lowest BCUT2D eigenvalue weighted by molar-refractivity contribution is 0.619. The van der Waals surface area contributed by atoms with Crippen molar-refractivity contribution < 1.29 is 8.83 Å². The molecule has 5 aromatic carbocycles. The SMILES string of the molecule is C(#Cc1ccccc1-c1nc2ccccc2o1)c1ccc(C#Cc2ccccc2-c2nc3ccccc3o2)cc1. The van der Waals surface area contributed by atoms with Crippen LogP contribution in [0.25, 0.3) is 45.1 Å². The first-order chi connectivity index (χ1) is 19.8. The maximum Gasteiger partial charge on any atom is 0.228 e. The van der Waals surface area contributed by atoms with Crippen molar-refractivity contribution in [1.82, 2.24) is 9.97 Å². The van der Waals surface area contributed by atoms with Crippen LogP contribution in [0.1, 0.15) is 22.3 Å². The van der Waals surface area contributed by atoms with E-state index in [1.165, 1.54) is 0 Å². The van der Waals surface area contributed by atoms with Gasteiger partial charge in [-0.3, -0.25) is 0 Å². The second-order valence-electron chi connectivity index (χ2n) is 9.14. The molecule has 0 bridgehead atoms. The van der Waals surface area contributed by atoms with Crippen LogP contribution in [0.15, 0.2) is 130 Å². The standard InChI is InChI=1S/C36H20N2O2/c1-3-11-29(35-37-31-13-5-7-15-33(31)39-35)27(9-1)23-21-25-17-19-26(20-18-25)22-24-28-10-2-4-12-30(28)36-38-32-14-6-8-16-34(32)40-36/h1-20H. The van der Waals surface area contributed by atoms with Crippen LogP contribution in [0, 0.1) is 23.7 Å². The smallest absolute Gasteiger partial charge is 0.228 e. The van der Waals surface area contributed by atoms with Gasteiger partial charge in [0.15, 0.2) is 11.2 Å². The fourth-order valence-electron chi connectivity index (χ4n) is 4.45. The highest BCUT2D eigenvalue weighted by atomic mass is 16.4. The Morgan fingerprint density at radius 2 is 0.800 bits per heavy atom. The van der Waals surface area contributed by atoms with E-state index in [9.17, 15) is 0 Å². The van der Waals surface area contributed by atoms with Crippen LogP contribution in [-0.4, -0.2) is 9.97 Å². The van der Waals surface area contributed by atoms with Gasteiger partial charge in [-0.1, -0.05) is 72.2 Å². The van der Waals surface area contributed by atoms with Gasteiger partial charge in [-0.05, 0) is 72.8 Å². The number of oxazole rings is 2. The molecule has 0 aliphatic carbocycles. The molecular weight excluding hydrogens is 492 g/mol. The summed E-state index contributed by atoms with van der Waals surface area (Å²) in [4.78, 5) is 9.27. The highest BCUT2D eigenvalue weighted by molar-refractivity contribution is 5.78. The Kier molecular flexibility index (Phi) is 5.90. The van der Waals surface area contributed by atoms with Crippen molar-refractivity contribution >= 4 is 22.2 Å². The first kappa shape index (κ1) is 23.3. The molecule has 0 aliphatic rings. The summed E-state index contributed by atoms with van der Waals surface area (Å²) in [6.07, 6.45) is 0. The summed E-state index contributed by atoms with van der Waals surface area (Å²) in [5.41, 5.74) is 8.40. The number of rotatable bonds is 2. The van der Waals surface area contributed by atoms with Gasteiger partial charge >= 0.3 is 0 Å². The Morgan fingerprint density at radius 3 is 1.25 bits per heavy atom. The number of aromatic nitrogens is 2. The molecule has 7 rings (SSSR count). The highest BCUT2D eigenvalue weighted by Gasteiger charge is 2.12. The molecule has 0 atom stereocenters. The Balaban J connectivity index is 1.14. The molecule has 4 heteroatoms. The summed E-state index contributed by atoms with van der Waals surface area (Å²) < 4.78 is 11.9. The quantitative estimate of drug-likeness (QED) is 0.220. The average Bonchev–Trinajstić information content (AvgIpc) is 3.64. The first-order valence-electron chi connectivity index (χ1n) is 12.8. The second kappa shape index (κ2) is 10.1. The number of hydrogen-bond donors (Lipinski definition) is 0. The zero-order chi connectivity index (χ0) is 26.7. The van der Waals surface area contributed by atoms with E-state index in [1.807, 2.05) is 121 Å². The highest BCUT2D eigenvalue weighted by Crippen LogP contribution is 2.28. The van der Waals surface area contributed by atoms with Crippen molar-refractivity contribution in [1.29, 1.82) is 0 Å². The van der Waals surface area contributed by atoms with E-state index < -0.39 is 0 Å². The van der Waals surface area contributed by atoms with Crippen molar-refractivity contribution in [3.63, 3.8) is 0 Å². The van der Waals surface area contributed by atoms with Crippen LogP contribution in [0.3, 0.4) is 0 Å². The summed E-state index contributed by atoms with van der Waals surface area (Å²) in [7, 11) is 0. The minimum absolute atomic E-state index is 0.565. The third-order valence-corrected chi connectivity index (χ3v) is 6.47. The second-order valence-corrected chi connectivity index (χ2v) is 9.14. The van der Waals surface area contributed by atoms with E-state index in [-0.39, 0.29) is 0 Å². The third kappa shape index (κ3) is 4.63. The van der Waals surface area contributed by atoms with Gasteiger partial charge in [-0.2, -0.15) is 0 Å². The molecule has 0 amide bonds. The van der Waals surface area contributed by atoms with Crippen molar-refractivity contribution in [2.45, 2.75) is 0 Å². The van der Waals surface area contributed by atoms with Crippen molar-refractivity contribution in [3.8, 4) is 46.6 Å². The number of hydrogen-bond acceptors (Lipinski definition) is 4. The number of para-hydroxylation sites is 4. The van der Waals surface area contributed by atoms with Crippen molar-refractivity contribution in [3.05, 3.63) is 144 Å². The Bertz CT molecular complexity index is 1910. The molecule has 0 aliphatic heterocycles. The lowest BCUT2D eigenvalue weighted by Crippen LogP contribution is -1.85. The van der Waals surface area contributed by atoms with Gasteiger partial charge in [0.25, 0.3) is 0 Å². The zero-order valence-electron chi connectivity index (χ0n) is 21.3. The molecule has 0 radical (unpaired) electrons. The fraction of sp³-hybridized carbons (Fsp3) is 0. The van der Waals surface area contributed by atoms with Crippen molar-refractivity contribution in [2.24, 2.45) is 0 Å². The Labute approximate surface area is 231 Å². The van der Waals surface area contributed by atoms with Gasteiger partial charge in [0.05, 0.1) is 11.1 Å². The molecule has 2 heterocycles. The molecule has 0 saturated carbocycles. The number of fused-ring (bicyclic) bond motifs is 2. The predicted octanol–water partition coefficient (Wildman–Crippen LogP) is 8.10. The Morgan fingerprint density at radius 1 is 0.400 bits per heavy atom. The summed E-state index contributed by atoms with van der Waals surface area (Å²) in [6, 6.07) is 39.2. The summed E-state index contributed by atoms with van der Waals surface area (Å²) in [5, 5.41) is 0. The topological polar surface area (TPSA) is 52.1 Å². The number of benzene rings is 5. The predicted molar refractivity (Wildman–Crippen MR) is 157 cm³/mol. The molecule has 186 valence electrons. The normalized spacial score (nSPS) is 10.6. The third-order valence-electron chi connectivity index (χ3n) is 6.47. The number of nitrogens with zero attached hydrogens (tertiary/aromatic N) is 2. The molecule has 40 heavy (non-hydrogen) atoms. The molecule has 0 spiro atoms. The summed E-state index contributed by atoms with van der Waals surface area (Å²) >= 11 is 0. The monoisotopic (exact) mass is 512 g/mol. The van der Waals surface area contributed by atoms with Crippen LogP contribution in [-0.2, 0) is 0 Å². The Hall–Kier alpha value is -5.84. The van der Waals surface area contributed by atoms with E-state index in [4.69, 9.17) is 8.83 Å². The molecule has 2 aromatic heterocycles. The first-order valence-corrected chi connectivity index (χ1v) is 12.8. The molecular formula is C36H20N2O2. The maximum atomic E-state index is 5.97. The van der Waals surface area contributed by atoms with Crippen LogP contribution in [0.2, 0.25) is 0 Å².